The van der Waals surface area contributed by atoms with Crippen molar-refractivity contribution in [3.8, 4) is 0 Å². The summed E-state index contributed by atoms with van der Waals surface area (Å²) in [5.41, 5.74) is 3.67. The Morgan fingerprint density at radius 2 is 2.15 bits per heavy atom. The molecular weight excluding hydrogens is 162 g/mol. The van der Waals surface area contributed by atoms with E-state index in [1.165, 1.54) is 24.1 Å². The molecule has 1 aliphatic heterocycles. The van der Waals surface area contributed by atoms with Gasteiger partial charge >= 0.3 is 0 Å². The molecule has 0 spiro atoms. The van der Waals surface area contributed by atoms with Gasteiger partial charge in [0.1, 0.15) is 0 Å². The molecule has 1 N–H and O–H groups in total. The van der Waals surface area contributed by atoms with Crippen LogP contribution in [0.1, 0.15) is 32.6 Å². The number of carbonyl (C=O) groups is 1. The van der Waals surface area contributed by atoms with E-state index in [1.807, 2.05) is 0 Å². The summed E-state index contributed by atoms with van der Waals surface area (Å²) in [4.78, 5) is 11.1. The van der Waals surface area contributed by atoms with Gasteiger partial charge in [-0.25, -0.2) is 0 Å². The van der Waals surface area contributed by atoms with Crippen LogP contribution < -0.4 is 5.32 Å². The SMILES string of the molecule is CC(=O)C1=CC2=C(CCCC2)NC1. The Morgan fingerprint density at radius 1 is 1.38 bits per heavy atom. The molecule has 0 atom stereocenters. The molecule has 2 aliphatic rings. The van der Waals surface area contributed by atoms with Gasteiger partial charge in [-0.15, -0.1) is 0 Å². The van der Waals surface area contributed by atoms with E-state index in [-0.39, 0.29) is 5.78 Å². The summed E-state index contributed by atoms with van der Waals surface area (Å²) in [7, 11) is 0. The Morgan fingerprint density at radius 3 is 2.92 bits per heavy atom. The van der Waals surface area contributed by atoms with Crippen molar-refractivity contribution in [2.75, 3.05) is 6.54 Å². The number of allylic oxidation sites excluding steroid dienone is 3. The molecule has 0 amide bonds. The molecule has 70 valence electrons. The van der Waals surface area contributed by atoms with Crippen LogP contribution in [0.5, 0.6) is 0 Å². The fraction of sp³-hybridized carbons (Fsp3) is 0.545. The summed E-state index contributed by atoms with van der Waals surface area (Å²) < 4.78 is 0. The lowest BCUT2D eigenvalue weighted by atomic mass is 9.91. The Bertz CT molecular complexity index is 299. The number of nitrogens with one attached hydrogen (secondary N) is 1. The zero-order valence-corrected chi connectivity index (χ0v) is 8.02. The molecule has 2 heteroatoms. The predicted octanol–water partition coefficient (Wildman–Crippen LogP) is 1.93. The van der Waals surface area contributed by atoms with Crippen LogP contribution >= 0.6 is 0 Å². The largest absolute Gasteiger partial charge is 0.384 e. The third-order valence-corrected chi connectivity index (χ3v) is 2.80. The summed E-state index contributed by atoms with van der Waals surface area (Å²) in [6.07, 6.45) is 6.95. The minimum absolute atomic E-state index is 0.199. The Hall–Kier alpha value is -1.05. The van der Waals surface area contributed by atoms with Gasteiger partial charge < -0.3 is 5.32 Å². The van der Waals surface area contributed by atoms with Gasteiger partial charge in [-0.1, -0.05) is 0 Å². The second-order valence-corrected chi connectivity index (χ2v) is 3.79. The smallest absolute Gasteiger partial charge is 0.157 e. The van der Waals surface area contributed by atoms with Crippen LogP contribution in [0, 0.1) is 0 Å². The van der Waals surface area contributed by atoms with Gasteiger partial charge in [-0.2, -0.15) is 0 Å². The molecule has 0 radical (unpaired) electrons. The average Bonchev–Trinajstić information content (AvgIpc) is 2.17. The van der Waals surface area contributed by atoms with Gasteiger partial charge in [0.25, 0.3) is 0 Å². The van der Waals surface area contributed by atoms with E-state index < -0.39 is 0 Å². The predicted molar refractivity (Wildman–Crippen MR) is 52.3 cm³/mol. The normalized spacial score (nSPS) is 21.8. The van der Waals surface area contributed by atoms with E-state index in [0.717, 1.165) is 25.0 Å². The van der Waals surface area contributed by atoms with Crippen molar-refractivity contribution in [2.45, 2.75) is 32.6 Å². The van der Waals surface area contributed by atoms with E-state index in [2.05, 4.69) is 11.4 Å². The lowest BCUT2D eigenvalue weighted by Gasteiger charge is -2.24. The number of carbonyl (C=O) groups excluding carboxylic acids is 1. The molecule has 2 nitrogen and oxygen atoms in total. The minimum atomic E-state index is 0.199. The van der Waals surface area contributed by atoms with Crippen LogP contribution in [0.3, 0.4) is 0 Å². The third-order valence-electron chi connectivity index (χ3n) is 2.80. The highest BCUT2D eigenvalue weighted by Gasteiger charge is 2.17. The highest BCUT2D eigenvalue weighted by Crippen LogP contribution is 2.27. The van der Waals surface area contributed by atoms with Gasteiger partial charge in [0.05, 0.1) is 0 Å². The fourth-order valence-corrected chi connectivity index (χ4v) is 1.98. The van der Waals surface area contributed by atoms with Crippen molar-refractivity contribution < 1.29 is 4.79 Å². The second-order valence-electron chi connectivity index (χ2n) is 3.79. The van der Waals surface area contributed by atoms with E-state index >= 15 is 0 Å². The molecule has 0 saturated heterocycles. The first-order valence-corrected chi connectivity index (χ1v) is 4.95. The molecule has 2 rings (SSSR count). The maximum atomic E-state index is 11.1. The zero-order chi connectivity index (χ0) is 9.26. The number of hydrogen-bond acceptors (Lipinski definition) is 2. The molecule has 1 heterocycles. The lowest BCUT2D eigenvalue weighted by Crippen LogP contribution is -2.26. The van der Waals surface area contributed by atoms with Gasteiger partial charge in [-0.05, 0) is 44.3 Å². The molecule has 1 aliphatic carbocycles. The molecule has 0 bridgehead atoms. The number of rotatable bonds is 1. The molecule has 0 fully saturated rings. The van der Waals surface area contributed by atoms with Crippen LogP contribution in [-0.2, 0) is 4.79 Å². The molecule has 13 heavy (non-hydrogen) atoms. The van der Waals surface area contributed by atoms with Crippen molar-refractivity contribution in [1.29, 1.82) is 0 Å². The highest BCUT2D eigenvalue weighted by molar-refractivity contribution is 5.94. The van der Waals surface area contributed by atoms with Crippen LogP contribution in [0.25, 0.3) is 0 Å². The number of ketones is 1. The number of Topliss-reactive ketones (excluding diaryl/α,β-unsaturated/α-hetero) is 1. The van der Waals surface area contributed by atoms with Crippen LogP contribution in [0.4, 0.5) is 0 Å². The van der Waals surface area contributed by atoms with Crippen molar-refractivity contribution >= 4 is 5.78 Å². The van der Waals surface area contributed by atoms with Gasteiger partial charge in [-0.3, -0.25) is 4.79 Å². The first-order valence-electron chi connectivity index (χ1n) is 4.95. The first-order chi connectivity index (χ1) is 6.27. The van der Waals surface area contributed by atoms with E-state index in [0.29, 0.717) is 0 Å². The molecule has 0 saturated carbocycles. The average molecular weight is 177 g/mol. The standard InChI is InChI=1S/C11H15NO/c1-8(13)10-6-9-4-2-3-5-11(9)12-7-10/h6,12H,2-5,7H2,1H3. The molecule has 0 aromatic heterocycles. The monoisotopic (exact) mass is 177 g/mol. The minimum Gasteiger partial charge on any atom is -0.384 e. The van der Waals surface area contributed by atoms with Crippen molar-refractivity contribution in [1.82, 2.24) is 5.32 Å². The highest BCUT2D eigenvalue weighted by atomic mass is 16.1. The van der Waals surface area contributed by atoms with Crippen LogP contribution in [0.15, 0.2) is 22.9 Å². The second kappa shape index (κ2) is 3.36. The summed E-state index contributed by atoms with van der Waals surface area (Å²) in [6, 6.07) is 0. The number of dihydropyridines is 1. The quantitative estimate of drug-likeness (QED) is 0.663. The van der Waals surface area contributed by atoms with E-state index in [4.69, 9.17) is 0 Å². The Balaban J connectivity index is 2.25. The van der Waals surface area contributed by atoms with Gasteiger partial charge in [0.15, 0.2) is 5.78 Å². The molecule has 0 unspecified atom stereocenters. The summed E-state index contributed by atoms with van der Waals surface area (Å²) in [6.45, 7) is 2.37. The van der Waals surface area contributed by atoms with Crippen molar-refractivity contribution in [2.24, 2.45) is 0 Å². The van der Waals surface area contributed by atoms with Crippen molar-refractivity contribution in [3.63, 3.8) is 0 Å². The molecule has 0 aromatic rings. The zero-order valence-electron chi connectivity index (χ0n) is 8.02. The maximum absolute atomic E-state index is 11.1. The Labute approximate surface area is 78.7 Å². The maximum Gasteiger partial charge on any atom is 0.157 e. The van der Waals surface area contributed by atoms with Gasteiger partial charge in [0, 0.05) is 17.8 Å². The molecule has 0 aromatic carbocycles. The topological polar surface area (TPSA) is 29.1 Å². The fourth-order valence-electron chi connectivity index (χ4n) is 1.98. The van der Waals surface area contributed by atoms with Crippen molar-refractivity contribution in [3.05, 3.63) is 22.9 Å². The third kappa shape index (κ3) is 1.67. The molecular formula is C11H15NO. The van der Waals surface area contributed by atoms with Crippen LogP contribution in [0.2, 0.25) is 0 Å². The first kappa shape index (κ1) is 8.54. The van der Waals surface area contributed by atoms with E-state index in [1.54, 1.807) is 6.92 Å². The lowest BCUT2D eigenvalue weighted by molar-refractivity contribution is -0.113. The van der Waals surface area contributed by atoms with Gasteiger partial charge in [0.2, 0.25) is 0 Å². The number of hydrogen-bond donors (Lipinski definition) is 1. The summed E-state index contributed by atoms with van der Waals surface area (Å²) >= 11 is 0. The van der Waals surface area contributed by atoms with E-state index in [9.17, 15) is 4.79 Å². The Kier molecular flexibility index (Phi) is 2.21. The summed E-state index contributed by atoms with van der Waals surface area (Å²) in [5.74, 6) is 0.199. The van der Waals surface area contributed by atoms with Crippen LogP contribution in [-0.4, -0.2) is 12.3 Å². The summed E-state index contributed by atoms with van der Waals surface area (Å²) in [5, 5.41) is 3.34.